The molecule has 1 rings (SSSR count). The van der Waals surface area contributed by atoms with Crippen LogP contribution in [0.2, 0.25) is 0 Å². The molecule has 0 radical (unpaired) electrons. The van der Waals surface area contributed by atoms with E-state index < -0.39 is 48.0 Å². The Balaban J connectivity index is 2.61. The molecule has 112 valence electrons. The number of alkyl halides is 5. The third-order valence-electron chi connectivity index (χ3n) is 2.47. The number of hydrogen-bond acceptors (Lipinski definition) is 3. The standard InChI is InChI=1S/C10H9F5N2O3/c11-9(12,10(13,14)15)4-3-7(18)6-16-5-1-2-8(16)17(19)20/h1-2,5H,3-4,6H2/i13-1. The summed E-state index contributed by atoms with van der Waals surface area (Å²) in [7, 11) is 0. The predicted octanol–water partition coefficient (Wildman–Crippen LogP) is 2.94. The van der Waals surface area contributed by atoms with Crippen LogP contribution in [0, 0.1) is 10.1 Å². The molecule has 0 spiro atoms. The number of hydrogen-bond donors (Lipinski definition) is 0. The van der Waals surface area contributed by atoms with Crippen LogP contribution >= 0.6 is 0 Å². The maximum Gasteiger partial charge on any atom is 0.453 e. The lowest BCUT2D eigenvalue weighted by atomic mass is 10.1. The van der Waals surface area contributed by atoms with Gasteiger partial charge in [0.2, 0.25) is 0 Å². The van der Waals surface area contributed by atoms with Gasteiger partial charge in [0.05, 0.1) is 6.20 Å². The zero-order valence-corrected chi connectivity index (χ0v) is 9.86. The van der Waals surface area contributed by atoms with Gasteiger partial charge in [0.25, 0.3) is 0 Å². The summed E-state index contributed by atoms with van der Waals surface area (Å²) in [4.78, 5) is 21.0. The quantitative estimate of drug-likeness (QED) is 0.461. The fourth-order valence-corrected chi connectivity index (χ4v) is 1.41. The second kappa shape index (κ2) is 5.55. The van der Waals surface area contributed by atoms with Gasteiger partial charge in [-0.3, -0.25) is 4.79 Å². The number of halogens is 5. The molecule has 1 heterocycles. The first-order chi connectivity index (χ1) is 9.04. The number of rotatable bonds is 6. The number of ketones is 1. The van der Waals surface area contributed by atoms with E-state index in [4.69, 9.17) is 0 Å². The molecule has 0 aliphatic rings. The summed E-state index contributed by atoms with van der Waals surface area (Å²) in [5.74, 6) is -6.35. The Morgan fingerprint density at radius 1 is 1.30 bits per heavy atom. The van der Waals surface area contributed by atoms with Crippen molar-refractivity contribution in [2.45, 2.75) is 31.5 Å². The van der Waals surface area contributed by atoms with Gasteiger partial charge in [-0.2, -0.15) is 22.0 Å². The lowest BCUT2D eigenvalue weighted by molar-refractivity contribution is -0.391. The summed E-state index contributed by atoms with van der Waals surface area (Å²) < 4.78 is 61.7. The third kappa shape index (κ3) is 3.75. The van der Waals surface area contributed by atoms with E-state index in [-0.39, 0.29) is 0 Å². The molecule has 0 aliphatic heterocycles. The number of aromatic nitrogens is 1. The monoisotopic (exact) mass is 299 g/mol. The first-order valence-corrected chi connectivity index (χ1v) is 5.30. The van der Waals surface area contributed by atoms with Crippen LogP contribution < -0.4 is 0 Å². The van der Waals surface area contributed by atoms with Gasteiger partial charge >= 0.3 is 17.9 Å². The van der Waals surface area contributed by atoms with E-state index in [1.54, 1.807) is 0 Å². The maximum absolute atomic E-state index is 12.6. The average Bonchev–Trinajstić information content (AvgIpc) is 2.73. The fourth-order valence-electron chi connectivity index (χ4n) is 1.41. The first kappa shape index (κ1) is 16.1. The molecule has 10 heteroatoms. The summed E-state index contributed by atoms with van der Waals surface area (Å²) in [6.07, 6.45) is -7.25. The molecule has 0 aromatic carbocycles. The molecule has 0 saturated carbocycles. The van der Waals surface area contributed by atoms with E-state index in [2.05, 4.69) is 0 Å². The van der Waals surface area contributed by atoms with Crippen molar-refractivity contribution in [1.29, 1.82) is 0 Å². The Hall–Kier alpha value is -2.00. The second-order valence-corrected chi connectivity index (χ2v) is 3.99. The van der Waals surface area contributed by atoms with Crippen molar-refractivity contribution < 1.29 is 31.7 Å². The van der Waals surface area contributed by atoms with E-state index >= 15 is 0 Å². The summed E-state index contributed by atoms with van der Waals surface area (Å²) in [5, 5.41) is 10.5. The largest absolute Gasteiger partial charge is 0.453 e. The van der Waals surface area contributed by atoms with Crippen molar-refractivity contribution in [2.24, 2.45) is 0 Å². The van der Waals surface area contributed by atoms with Crippen LogP contribution in [0.1, 0.15) is 12.8 Å². The average molecular weight is 299 g/mol. The van der Waals surface area contributed by atoms with Crippen LogP contribution in [-0.4, -0.2) is 27.4 Å². The normalized spacial score (nSPS) is 12.4. The summed E-state index contributed by atoms with van der Waals surface area (Å²) in [6.45, 7) is -0.628. The van der Waals surface area contributed by atoms with Crippen LogP contribution in [-0.2, 0) is 11.3 Å². The molecule has 0 unspecified atom stereocenters. The van der Waals surface area contributed by atoms with Gasteiger partial charge in [-0.1, -0.05) is 0 Å². The summed E-state index contributed by atoms with van der Waals surface area (Å²) in [5.41, 5.74) is 0. The molecule has 0 N–H and O–H groups in total. The topological polar surface area (TPSA) is 65.1 Å². The molecular weight excluding hydrogens is 290 g/mol. The first-order valence-electron chi connectivity index (χ1n) is 5.30. The molecule has 5 nitrogen and oxygen atoms in total. The van der Waals surface area contributed by atoms with Crippen LogP contribution in [0.4, 0.5) is 27.8 Å². The van der Waals surface area contributed by atoms with Crippen LogP contribution in [0.15, 0.2) is 18.3 Å². The van der Waals surface area contributed by atoms with Gasteiger partial charge in [-0.05, 0) is 11.0 Å². The highest BCUT2D eigenvalue weighted by molar-refractivity contribution is 5.78. The van der Waals surface area contributed by atoms with E-state index in [9.17, 15) is 36.9 Å². The molecule has 0 bridgehead atoms. The minimum Gasteiger partial charge on any atom is -0.358 e. The van der Waals surface area contributed by atoms with Crippen molar-refractivity contribution in [3.63, 3.8) is 0 Å². The minimum atomic E-state index is -5.72. The lowest BCUT2D eigenvalue weighted by Gasteiger charge is -2.18. The predicted molar refractivity (Wildman–Crippen MR) is 56.3 cm³/mol. The number of nitro groups is 1. The van der Waals surface area contributed by atoms with E-state index in [1.807, 2.05) is 0 Å². The highest BCUT2D eigenvalue weighted by Gasteiger charge is 2.56. The van der Waals surface area contributed by atoms with Crippen molar-refractivity contribution in [2.75, 3.05) is 0 Å². The molecule has 0 saturated heterocycles. The zero-order chi connectivity index (χ0) is 15.6. The maximum atomic E-state index is 12.6. The van der Waals surface area contributed by atoms with Gasteiger partial charge in [-0.15, -0.1) is 0 Å². The van der Waals surface area contributed by atoms with Gasteiger partial charge in [0.1, 0.15) is 6.54 Å². The van der Waals surface area contributed by atoms with Crippen LogP contribution in [0.5, 0.6) is 0 Å². The van der Waals surface area contributed by atoms with Crippen LogP contribution in [0.3, 0.4) is 0 Å². The number of carbonyl (C=O) groups excluding carboxylic acids is 1. The highest BCUT2D eigenvalue weighted by atomic mass is 19.3. The lowest BCUT2D eigenvalue weighted by Crippen LogP contribution is -2.36. The molecule has 0 atom stereocenters. The Kier molecular flexibility index (Phi) is 4.46. The molecule has 1 aromatic heterocycles. The van der Waals surface area contributed by atoms with E-state index in [0.717, 1.165) is 16.8 Å². The third-order valence-corrected chi connectivity index (χ3v) is 2.47. The van der Waals surface area contributed by atoms with Crippen LogP contribution in [0.25, 0.3) is 0 Å². The molecule has 20 heavy (non-hydrogen) atoms. The van der Waals surface area contributed by atoms with Gasteiger partial charge in [0.15, 0.2) is 5.78 Å². The SMILES string of the molecule is O=C(CCC(F)(F)C(F)(F)[18F])Cn1cccc1[N+](=O)[O-]. The van der Waals surface area contributed by atoms with Crippen molar-refractivity contribution in [3.05, 3.63) is 28.4 Å². The zero-order valence-electron chi connectivity index (χ0n) is 9.86. The Morgan fingerprint density at radius 2 is 1.90 bits per heavy atom. The van der Waals surface area contributed by atoms with E-state index in [0.29, 0.717) is 0 Å². The Morgan fingerprint density at radius 3 is 2.40 bits per heavy atom. The minimum absolute atomic E-state index is 0.444. The van der Waals surface area contributed by atoms with Gasteiger partial charge in [0, 0.05) is 18.9 Å². The van der Waals surface area contributed by atoms with Gasteiger partial charge < -0.3 is 10.1 Å². The number of carbonyl (C=O) groups is 1. The molecule has 1 aromatic rings. The fraction of sp³-hybridized carbons (Fsp3) is 0.500. The molecule has 0 aliphatic carbocycles. The second-order valence-electron chi connectivity index (χ2n) is 3.99. The summed E-state index contributed by atoms with van der Waals surface area (Å²) >= 11 is 0. The highest BCUT2D eigenvalue weighted by Crippen LogP contribution is 2.38. The molecular formula is C10H9F5N2O3. The summed E-state index contributed by atoms with van der Waals surface area (Å²) in [6, 6.07) is 2.34. The smallest absolute Gasteiger partial charge is 0.358 e. The van der Waals surface area contributed by atoms with E-state index in [1.165, 1.54) is 6.07 Å². The van der Waals surface area contributed by atoms with Crippen molar-refractivity contribution >= 4 is 11.6 Å². The van der Waals surface area contributed by atoms with Gasteiger partial charge in [-0.25, -0.2) is 4.57 Å². The van der Waals surface area contributed by atoms with Crippen molar-refractivity contribution in [1.82, 2.24) is 4.57 Å². The number of nitrogens with zero attached hydrogens (tertiary/aromatic N) is 2. The Bertz CT molecular complexity index is 509. The molecule has 0 amide bonds. The van der Waals surface area contributed by atoms with Crippen molar-refractivity contribution in [3.8, 4) is 0 Å². The number of Topliss-reactive ketones (excluding diaryl/α,β-unsaturated/α-hetero) is 1. The Labute approximate surface area is 109 Å². The molecule has 0 fully saturated rings.